The zero-order valence-corrected chi connectivity index (χ0v) is 18.1. The van der Waals surface area contributed by atoms with E-state index >= 15 is 0 Å². The molecule has 0 bridgehead atoms. The van der Waals surface area contributed by atoms with Crippen LogP contribution >= 0.6 is 11.6 Å². The number of benzene rings is 2. The lowest BCUT2D eigenvalue weighted by atomic mass is 9.94. The van der Waals surface area contributed by atoms with E-state index in [1.54, 1.807) is 0 Å². The van der Waals surface area contributed by atoms with Gasteiger partial charge in [-0.05, 0) is 75.1 Å². The van der Waals surface area contributed by atoms with E-state index in [0.29, 0.717) is 5.02 Å². The van der Waals surface area contributed by atoms with E-state index in [1.807, 2.05) is 30.3 Å². The number of nitrogens with one attached hydrogen (secondary N) is 2. The Morgan fingerprint density at radius 2 is 1.93 bits per heavy atom. The largest absolute Gasteiger partial charge is 0.483 e. The summed E-state index contributed by atoms with van der Waals surface area (Å²) in [6.07, 6.45) is 5.25. The molecule has 1 heterocycles. The van der Waals surface area contributed by atoms with Crippen LogP contribution in [0.2, 0.25) is 5.02 Å². The Bertz CT molecular complexity index is 906. The summed E-state index contributed by atoms with van der Waals surface area (Å²) in [6.45, 7) is 7.44. The first-order valence-electron chi connectivity index (χ1n) is 10.1. The summed E-state index contributed by atoms with van der Waals surface area (Å²) in [5.74, 6) is 0.861. The summed E-state index contributed by atoms with van der Waals surface area (Å²) in [5, 5.41) is 7.02. The summed E-state index contributed by atoms with van der Waals surface area (Å²) < 4.78 is 6.04. The highest BCUT2D eigenvalue weighted by Gasteiger charge is 2.25. The molecule has 5 heteroatoms. The molecule has 0 unspecified atom stereocenters. The van der Waals surface area contributed by atoms with Crippen LogP contribution in [0.25, 0.3) is 5.57 Å². The van der Waals surface area contributed by atoms with E-state index in [4.69, 9.17) is 16.3 Å². The van der Waals surface area contributed by atoms with Gasteiger partial charge in [0.25, 0.3) is 0 Å². The van der Waals surface area contributed by atoms with Gasteiger partial charge in [0, 0.05) is 29.7 Å². The molecule has 0 aromatic heterocycles. The fraction of sp³-hybridized carbons (Fsp3) is 0.375. The van der Waals surface area contributed by atoms with Gasteiger partial charge in [0.1, 0.15) is 11.4 Å². The van der Waals surface area contributed by atoms with E-state index in [9.17, 15) is 4.79 Å². The van der Waals surface area contributed by atoms with Gasteiger partial charge in [-0.25, -0.2) is 0 Å². The molecule has 2 aromatic carbocycles. The quantitative estimate of drug-likeness (QED) is 0.565. The molecule has 4 nitrogen and oxygen atoms in total. The Morgan fingerprint density at radius 3 is 2.69 bits per heavy atom. The van der Waals surface area contributed by atoms with Crippen molar-refractivity contribution < 1.29 is 9.53 Å². The van der Waals surface area contributed by atoms with Gasteiger partial charge < -0.3 is 15.4 Å². The lowest BCUT2D eigenvalue weighted by Gasteiger charge is -2.31. The SMILES string of the molecule is CC(=O)Nc1ccc(CCCCNCC2=CC(C)(C)Oc3ccccc32)c(Cl)c1. The van der Waals surface area contributed by atoms with E-state index in [0.717, 1.165) is 49.4 Å². The summed E-state index contributed by atoms with van der Waals surface area (Å²) in [4.78, 5) is 11.1. The minimum atomic E-state index is -0.286. The first kappa shape index (κ1) is 21.4. The molecule has 0 saturated carbocycles. The number of carbonyl (C=O) groups excluding carboxylic acids is 1. The number of anilines is 1. The first-order valence-corrected chi connectivity index (χ1v) is 10.5. The van der Waals surface area contributed by atoms with Crippen LogP contribution in [0.15, 0.2) is 48.5 Å². The second-order valence-corrected chi connectivity index (χ2v) is 8.40. The zero-order valence-electron chi connectivity index (χ0n) is 17.3. The Labute approximate surface area is 178 Å². The van der Waals surface area contributed by atoms with Gasteiger partial charge in [-0.3, -0.25) is 4.79 Å². The van der Waals surface area contributed by atoms with Gasteiger partial charge in [0.05, 0.1) is 0 Å². The number of carbonyl (C=O) groups is 1. The normalized spacial score (nSPS) is 14.6. The average Bonchev–Trinajstić information content (AvgIpc) is 2.64. The Balaban J connectivity index is 1.45. The molecule has 0 aliphatic carbocycles. The van der Waals surface area contributed by atoms with Crippen LogP contribution in [0.5, 0.6) is 5.75 Å². The van der Waals surface area contributed by atoms with Crippen molar-refractivity contribution in [2.24, 2.45) is 0 Å². The number of hydrogen-bond donors (Lipinski definition) is 2. The summed E-state index contributed by atoms with van der Waals surface area (Å²) in [7, 11) is 0. The maximum Gasteiger partial charge on any atom is 0.221 e. The van der Waals surface area contributed by atoms with E-state index in [1.165, 1.54) is 18.1 Å². The predicted molar refractivity (Wildman–Crippen MR) is 121 cm³/mol. The van der Waals surface area contributed by atoms with Crippen LogP contribution < -0.4 is 15.4 Å². The molecule has 0 fully saturated rings. The molecule has 2 aromatic rings. The van der Waals surface area contributed by atoms with Crippen LogP contribution in [-0.4, -0.2) is 24.6 Å². The number of aryl methyl sites for hydroxylation is 1. The van der Waals surface area contributed by atoms with Gasteiger partial charge in [0.2, 0.25) is 5.91 Å². The first-order chi connectivity index (χ1) is 13.8. The van der Waals surface area contributed by atoms with E-state index in [2.05, 4.69) is 42.7 Å². The summed E-state index contributed by atoms with van der Waals surface area (Å²) in [6, 6.07) is 13.9. The van der Waals surface area contributed by atoms with Gasteiger partial charge in [-0.1, -0.05) is 35.9 Å². The molecule has 29 heavy (non-hydrogen) atoms. The lowest BCUT2D eigenvalue weighted by molar-refractivity contribution is -0.114. The number of halogens is 1. The highest BCUT2D eigenvalue weighted by molar-refractivity contribution is 6.31. The molecule has 1 aliphatic rings. The Morgan fingerprint density at radius 1 is 1.14 bits per heavy atom. The fourth-order valence-corrected chi connectivity index (χ4v) is 3.87. The minimum absolute atomic E-state index is 0.0921. The van der Waals surface area contributed by atoms with Crippen LogP contribution in [-0.2, 0) is 11.2 Å². The number of amides is 1. The number of para-hydroxylation sites is 1. The van der Waals surface area contributed by atoms with Crippen molar-refractivity contribution in [3.63, 3.8) is 0 Å². The van der Waals surface area contributed by atoms with Crippen LogP contribution in [0.4, 0.5) is 5.69 Å². The van der Waals surface area contributed by atoms with Gasteiger partial charge in [0.15, 0.2) is 0 Å². The third kappa shape index (κ3) is 6.09. The molecule has 1 aliphatic heterocycles. The lowest BCUT2D eigenvalue weighted by Crippen LogP contribution is -2.31. The standard InChI is InChI=1S/C24H29ClN2O2/c1-17(28)27-20-12-11-18(22(25)14-20)8-6-7-13-26-16-19-15-24(2,3)29-23-10-5-4-9-21(19)23/h4-5,9-12,14-15,26H,6-8,13,16H2,1-3H3,(H,27,28). The fourth-order valence-electron chi connectivity index (χ4n) is 3.60. The van der Waals surface area contributed by atoms with Gasteiger partial charge in [-0.15, -0.1) is 0 Å². The molecule has 0 radical (unpaired) electrons. The van der Waals surface area contributed by atoms with Crippen molar-refractivity contribution in [2.45, 2.75) is 45.6 Å². The third-order valence-corrected chi connectivity index (χ3v) is 5.22. The molecule has 2 N–H and O–H groups in total. The average molecular weight is 413 g/mol. The monoisotopic (exact) mass is 412 g/mol. The van der Waals surface area contributed by atoms with Gasteiger partial charge in [-0.2, -0.15) is 0 Å². The number of fused-ring (bicyclic) bond motifs is 1. The van der Waals surface area contributed by atoms with Crippen molar-refractivity contribution in [1.29, 1.82) is 0 Å². The minimum Gasteiger partial charge on any atom is -0.483 e. The van der Waals surface area contributed by atoms with Crippen molar-refractivity contribution in [3.8, 4) is 5.75 Å². The highest BCUT2D eigenvalue weighted by atomic mass is 35.5. The molecular weight excluding hydrogens is 384 g/mol. The molecule has 1 amide bonds. The van der Waals surface area contributed by atoms with Crippen LogP contribution in [0.1, 0.15) is 44.7 Å². The second kappa shape index (κ2) is 9.47. The van der Waals surface area contributed by atoms with Crippen LogP contribution in [0.3, 0.4) is 0 Å². The topological polar surface area (TPSA) is 50.4 Å². The highest BCUT2D eigenvalue weighted by Crippen LogP contribution is 2.35. The molecule has 154 valence electrons. The third-order valence-electron chi connectivity index (χ3n) is 4.87. The zero-order chi connectivity index (χ0) is 20.9. The molecule has 0 saturated heterocycles. The van der Waals surface area contributed by atoms with E-state index < -0.39 is 0 Å². The maximum absolute atomic E-state index is 11.1. The summed E-state index contributed by atoms with van der Waals surface area (Å²) >= 11 is 6.34. The Hall–Kier alpha value is -2.30. The smallest absolute Gasteiger partial charge is 0.221 e. The maximum atomic E-state index is 11.1. The van der Waals surface area contributed by atoms with Gasteiger partial charge >= 0.3 is 0 Å². The number of unbranched alkanes of at least 4 members (excludes halogenated alkanes) is 1. The predicted octanol–water partition coefficient (Wildman–Crippen LogP) is 5.47. The van der Waals surface area contributed by atoms with Crippen molar-refractivity contribution in [2.75, 3.05) is 18.4 Å². The van der Waals surface area contributed by atoms with Crippen molar-refractivity contribution in [1.82, 2.24) is 5.32 Å². The van der Waals surface area contributed by atoms with E-state index in [-0.39, 0.29) is 11.5 Å². The van der Waals surface area contributed by atoms with Crippen molar-refractivity contribution in [3.05, 3.63) is 64.7 Å². The Kier molecular flexibility index (Phi) is 6.99. The molecule has 0 atom stereocenters. The number of ether oxygens (including phenoxy) is 1. The van der Waals surface area contributed by atoms with Crippen molar-refractivity contribution >= 4 is 28.8 Å². The molecular formula is C24H29ClN2O2. The van der Waals surface area contributed by atoms with Crippen LogP contribution in [0, 0.1) is 0 Å². The molecule has 3 rings (SSSR count). The number of rotatable bonds is 8. The number of hydrogen-bond acceptors (Lipinski definition) is 3. The molecule has 0 spiro atoms. The second-order valence-electron chi connectivity index (χ2n) is 7.99. The summed E-state index contributed by atoms with van der Waals surface area (Å²) in [5.41, 5.74) is 4.02.